The summed E-state index contributed by atoms with van der Waals surface area (Å²) in [5.41, 5.74) is 3.16. The van der Waals surface area contributed by atoms with Gasteiger partial charge in [0.05, 0.1) is 16.8 Å². The number of para-hydroxylation sites is 1. The first-order valence-electron chi connectivity index (χ1n) is 10.9. The highest BCUT2D eigenvalue weighted by Gasteiger charge is 2.20. The highest BCUT2D eigenvalue weighted by Crippen LogP contribution is 2.36. The van der Waals surface area contributed by atoms with Gasteiger partial charge < -0.3 is 14.8 Å². The molecule has 5 rings (SSSR count). The van der Waals surface area contributed by atoms with Gasteiger partial charge in [-0.15, -0.1) is 0 Å². The molecular formula is C25H26N2O3. The van der Waals surface area contributed by atoms with Gasteiger partial charge in [0.25, 0.3) is 5.91 Å². The fourth-order valence-electron chi connectivity index (χ4n) is 4.43. The highest BCUT2D eigenvalue weighted by atomic mass is 16.7. The zero-order valence-electron chi connectivity index (χ0n) is 17.0. The minimum atomic E-state index is -0.0128. The van der Waals surface area contributed by atoms with Crippen molar-refractivity contribution in [2.75, 3.05) is 6.79 Å². The summed E-state index contributed by atoms with van der Waals surface area (Å²) in [4.78, 5) is 18.1. The standard InChI is InChI=1S/C25H26N2O3/c28-25(26-18-8-4-2-1-3-5-9-18)20-15-22(27-21-11-7-6-10-19(20)21)17-12-13-23-24(14-17)30-16-29-23/h6-7,10-15,18H,1-5,8-9,16H2,(H,26,28). The predicted molar refractivity (Wildman–Crippen MR) is 117 cm³/mol. The van der Waals surface area contributed by atoms with Crippen LogP contribution >= 0.6 is 0 Å². The van der Waals surface area contributed by atoms with Crippen molar-refractivity contribution >= 4 is 16.8 Å². The summed E-state index contributed by atoms with van der Waals surface area (Å²) < 4.78 is 10.9. The number of rotatable bonds is 3. The van der Waals surface area contributed by atoms with Gasteiger partial charge in [-0.2, -0.15) is 0 Å². The lowest BCUT2D eigenvalue weighted by Crippen LogP contribution is -2.35. The molecule has 0 spiro atoms. The largest absolute Gasteiger partial charge is 0.454 e. The summed E-state index contributed by atoms with van der Waals surface area (Å²) in [5, 5.41) is 4.18. The van der Waals surface area contributed by atoms with E-state index in [0.717, 1.165) is 40.8 Å². The summed E-state index contributed by atoms with van der Waals surface area (Å²) in [5.74, 6) is 1.44. The molecule has 0 unspecified atom stereocenters. The van der Waals surface area contributed by atoms with E-state index in [1.165, 1.54) is 32.1 Å². The van der Waals surface area contributed by atoms with Crippen molar-refractivity contribution in [3.8, 4) is 22.8 Å². The van der Waals surface area contributed by atoms with Gasteiger partial charge in [-0.25, -0.2) is 4.98 Å². The SMILES string of the molecule is O=C(NC1CCCCCCC1)c1cc(-c2ccc3c(c2)OCO3)nc2ccccc12. The Morgan fingerprint density at radius 3 is 2.53 bits per heavy atom. The van der Waals surface area contributed by atoms with Gasteiger partial charge in [-0.3, -0.25) is 4.79 Å². The van der Waals surface area contributed by atoms with Gasteiger partial charge in [-0.1, -0.05) is 50.3 Å². The Kier molecular flexibility index (Phi) is 5.26. The Labute approximate surface area is 176 Å². The van der Waals surface area contributed by atoms with Crippen molar-refractivity contribution in [2.45, 2.75) is 51.0 Å². The van der Waals surface area contributed by atoms with Crippen LogP contribution in [0.25, 0.3) is 22.2 Å². The number of benzene rings is 2. The number of nitrogens with one attached hydrogen (secondary N) is 1. The number of amides is 1. The fraction of sp³-hybridized carbons (Fsp3) is 0.360. The molecular weight excluding hydrogens is 376 g/mol. The smallest absolute Gasteiger partial charge is 0.252 e. The first-order chi connectivity index (χ1) is 14.8. The molecule has 5 heteroatoms. The second-order valence-corrected chi connectivity index (χ2v) is 8.16. The Hall–Kier alpha value is -3.08. The maximum absolute atomic E-state index is 13.3. The molecule has 1 aliphatic carbocycles. The van der Waals surface area contributed by atoms with Crippen LogP contribution in [0.5, 0.6) is 11.5 Å². The zero-order valence-corrected chi connectivity index (χ0v) is 17.0. The van der Waals surface area contributed by atoms with Gasteiger partial charge in [0, 0.05) is 17.0 Å². The van der Waals surface area contributed by atoms with E-state index in [-0.39, 0.29) is 18.7 Å². The van der Waals surface area contributed by atoms with Gasteiger partial charge in [0.1, 0.15) is 0 Å². The number of nitrogens with zero attached hydrogens (tertiary/aromatic N) is 1. The lowest BCUT2D eigenvalue weighted by atomic mass is 9.96. The lowest BCUT2D eigenvalue weighted by Gasteiger charge is -2.21. The molecule has 5 nitrogen and oxygen atoms in total. The van der Waals surface area contributed by atoms with Crippen LogP contribution in [0.4, 0.5) is 0 Å². The Morgan fingerprint density at radius 2 is 1.67 bits per heavy atom. The molecule has 1 N–H and O–H groups in total. The second-order valence-electron chi connectivity index (χ2n) is 8.16. The number of hydrogen-bond donors (Lipinski definition) is 1. The van der Waals surface area contributed by atoms with E-state index in [9.17, 15) is 4.79 Å². The third-order valence-electron chi connectivity index (χ3n) is 6.07. The average Bonchev–Trinajstić information content (AvgIpc) is 3.22. The molecule has 2 aromatic carbocycles. The molecule has 0 atom stereocenters. The molecule has 0 radical (unpaired) electrons. The lowest BCUT2D eigenvalue weighted by molar-refractivity contribution is 0.0932. The maximum atomic E-state index is 13.3. The Morgan fingerprint density at radius 1 is 0.900 bits per heavy atom. The van der Waals surface area contributed by atoms with Gasteiger partial charge in [0.2, 0.25) is 6.79 Å². The highest BCUT2D eigenvalue weighted by molar-refractivity contribution is 6.07. The monoisotopic (exact) mass is 402 g/mol. The molecule has 0 bridgehead atoms. The van der Waals surface area contributed by atoms with Crippen LogP contribution in [0, 0.1) is 0 Å². The Balaban J connectivity index is 1.50. The van der Waals surface area contributed by atoms with Crippen LogP contribution in [0.2, 0.25) is 0 Å². The van der Waals surface area contributed by atoms with E-state index >= 15 is 0 Å². The first-order valence-corrected chi connectivity index (χ1v) is 10.9. The molecule has 1 amide bonds. The van der Waals surface area contributed by atoms with Crippen molar-refractivity contribution in [1.82, 2.24) is 10.3 Å². The number of carbonyl (C=O) groups excluding carboxylic acids is 1. The first kappa shape index (κ1) is 18.9. The molecule has 1 aliphatic heterocycles. The normalized spacial score (nSPS) is 16.8. The van der Waals surface area contributed by atoms with E-state index in [1.54, 1.807) is 0 Å². The predicted octanol–water partition coefficient (Wildman–Crippen LogP) is 5.47. The van der Waals surface area contributed by atoms with E-state index in [1.807, 2.05) is 48.5 Å². The molecule has 154 valence electrons. The minimum absolute atomic E-state index is 0.0128. The molecule has 2 aliphatic rings. The molecule has 3 aromatic rings. The van der Waals surface area contributed by atoms with Crippen molar-refractivity contribution in [3.63, 3.8) is 0 Å². The minimum Gasteiger partial charge on any atom is -0.454 e. The summed E-state index contributed by atoms with van der Waals surface area (Å²) in [6.45, 7) is 0.235. The van der Waals surface area contributed by atoms with Crippen molar-refractivity contribution in [1.29, 1.82) is 0 Å². The Bertz CT molecular complexity index is 1070. The molecule has 2 heterocycles. The molecule has 30 heavy (non-hydrogen) atoms. The molecule has 1 fully saturated rings. The maximum Gasteiger partial charge on any atom is 0.252 e. The summed E-state index contributed by atoms with van der Waals surface area (Å²) in [6.07, 6.45) is 8.33. The number of hydrogen-bond acceptors (Lipinski definition) is 4. The van der Waals surface area contributed by atoms with E-state index in [4.69, 9.17) is 14.5 Å². The van der Waals surface area contributed by atoms with Crippen LogP contribution in [-0.4, -0.2) is 23.7 Å². The van der Waals surface area contributed by atoms with Crippen LogP contribution in [0.1, 0.15) is 55.3 Å². The number of carbonyl (C=O) groups is 1. The van der Waals surface area contributed by atoms with E-state index in [2.05, 4.69) is 5.32 Å². The van der Waals surface area contributed by atoms with Gasteiger partial charge >= 0.3 is 0 Å². The van der Waals surface area contributed by atoms with Gasteiger partial charge in [-0.05, 0) is 43.2 Å². The summed E-state index contributed by atoms with van der Waals surface area (Å²) in [6, 6.07) is 15.8. The quantitative estimate of drug-likeness (QED) is 0.631. The van der Waals surface area contributed by atoms with E-state index in [0.29, 0.717) is 11.3 Å². The molecule has 0 saturated heterocycles. The van der Waals surface area contributed by atoms with Crippen LogP contribution in [-0.2, 0) is 0 Å². The fourth-order valence-corrected chi connectivity index (χ4v) is 4.43. The molecule has 1 saturated carbocycles. The number of ether oxygens (including phenoxy) is 2. The van der Waals surface area contributed by atoms with Crippen LogP contribution in [0.15, 0.2) is 48.5 Å². The van der Waals surface area contributed by atoms with Crippen molar-refractivity contribution in [3.05, 3.63) is 54.1 Å². The van der Waals surface area contributed by atoms with Crippen LogP contribution < -0.4 is 14.8 Å². The van der Waals surface area contributed by atoms with E-state index < -0.39 is 0 Å². The second kappa shape index (κ2) is 8.34. The van der Waals surface area contributed by atoms with Crippen molar-refractivity contribution in [2.24, 2.45) is 0 Å². The summed E-state index contributed by atoms with van der Waals surface area (Å²) in [7, 11) is 0. The zero-order chi connectivity index (χ0) is 20.3. The average molecular weight is 402 g/mol. The third-order valence-corrected chi connectivity index (χ3v) is 6.07. The van der Waals surface area contributed by atoms with Crippen LogP contribution in [0.3, 0.4) is 0 Å². The third kappa shape index (κ3) is 3.84. The number of aromatic nitrogens is 1. The molecule has 1 aromatic heterocycles. The van der Waals surface area contributed by atoms with Gasteiger partial charge in [0.15, 0.2) is 11.5 Å². The topological polar surface area (TPSA) is 60.5 Å². The number of fused-ring (bicyclic) bond motifs is 2. The summed E-state index contributed by atoms with van der Waals surface area (Å²) >= 11 is 0. The number of pyridine rings is 1. The van der Waals surface area contributed by atoms with Crippen molar-refractivity contribution < 1.29 is 14.3 Å².